The first-order valence-corrected chi connectivity index (χ1v) is 8.89. The number of nitrogens with zero attached hydrogens (tertiary/aromatic N) is 3. The first-order valence-electron chi connectivity index (χ1n) is 8.08. The zero-order chi connectivity index (χ0) is 13.8. The van der Waals surface area contributed by atoms with E-state index in [0.717, 1.165) is 16.7 Å². The summed E-state index contributed by atoms with van der Waals surface area (Å²) >= 11 is 1.67. The Balaban J connectivity index is 1.68. The Morgan fingerprint density at radius 1 is 1.05 bits per heavy atom. The molecule has 3 rings (SSSR count). The Labute approximate surface area is 126 Å². The number of hydrogen-bond donors (Lipinski definition) is 1. The van der Waals surface area contributed by atoms with Crippen LogP contribution in [-0.2, 0) is 0 Å². The van der Waals surface area contributed by atoms with Crippen LogP contribution in [0.2, 0.25) is 0 Å². The molecule has 0 spiro atoms. The Hall–Kier alpha value is -0.680. The number of rotatable bonds is 4. The van der Waals surface area contributed by atoms with Crippen molar-refractivity contribution in [3.05, 3.63) is 5.01 Å². The van der Waals surface area contributed by atoms with Crippen molar-refractivity contribution in [1.82, 2.24) is 15.1 Å². The van der Waals surface area contributed by atoms with Crippen LogP contribution >= 0.6 is 11.3 Å². The number of aromatic nitrogens is 2. The van der Waals surface area contributed by atoms with Crippen LogP contribution in [0.5, 0.6) is 0 Å². The summed E-state index contributed by atoms with van der Waals surface area (Å²) < 4.78 is 0. The molecule has 0 aromatic carbocycles. The number of nitrogens with one attached hydrogen (secondary N) is 1. The minimum atomic E-state index is 0.373. The van der Waals surface area contributed by atoms with Gasteiger partial charge in [-0.05, 0) is 45.7 Å². The Morgan fingerprint density at radius 2 is 1.75 bits per heavy atom. The largest absolute Gasteiger partial charge is 0.358 e. The standard InChI is InChI=1S/C15H26N4S/c1-13-17-18-14(20-13)16-12-15(8-4-2-5-9-15)19-10-6-3-7-11-19/h2-12H2,1H3,(H,16,18). The van der Waals surface area contributed by atoms with E-state index in [2.05, 4.69) is 20.4 Å². The van der Waals surface area contributed by atoms with Gasteiger partial charge in [0.05, 0.1) is 0 Å². The molecule has 4 nitrogen and oxygen atoms in total. The van der Waals surface area contributed by atoms with Gasteiger partial charge in [0.1, 0.15) is 5.01 Å². The fraction of sp³-hybridized carbons (Fsp3) is 0.867. The fourth-order valence-corrected chi connectivity index (χ4v) is 4.38. The van der Waals surface area contributed by atoms with Crippen molar-refractivity contribution in [2.45, 2.75) is 63.8 Å². The van der Waals surface area contributed by atoms with Gasteiger partial charge in [-0.1, -0.05) is 37.0 Å². The van der Waals surface area contributed by atoms with Crippen molar-refractivity contribution in [2.24, 2.45) is 0 Å². The summed E-state index contributed by atoms with van der Waals surface area (Å²) in [6, 6.07) is 0. The van der Waals surface area contributed by atoms with Gasteiger partial charge in [0.2, 0.25) is 5.13 Å². The van der Waals surface area contributed by atoms with Crippen molar-refractivity contribution in [3.8, 4) is 0 Å². The molecule has 1 saturated heterocycles. The number of hydrogen-bond acceptors (Lipinski definition) is 5. The molecule has 1 aromatic heterocycles. The van der Waals surface area contributed by atoms with Gasteiger partial charge >= 0.3 is 0 Å². The van der Waals surface area contributed by atoms with Crippen molar-refractivity contribution < 1.29 is 0 Å². The predicted molar refractivity (Wildman–Crippen MR) is 84.4 cm³/mol. The van der Waals surface area contributed by atoms with Crippen molar-refractivity contribution >= 4 is 16.5 Å². The maximum absolute atomic E-state index is 4.22. The van der Waals surface area contributed by atoms with Crippen LogP contribution in [-0.4, -0.2) is 40.3 Å². The van der Waals surface area contributed by atoms with Crippen molar-refractivity contribution in [1.29, 1.82) is 0 Å². The van der Waals surface area contributed by atoms with Crippen LogP contribution in [0.15, 0.2) is 0 Å². The molecule has 0 bridgehead atoms. The van der Waals surface area contributed by atoms with Gasteiger partial charge in [-0.25, -0.2) is 0 Å². The van der Waals surface area contributed by atoms with Crippen molar-refractivity contribution in [2.75, 3.05) is 25.0 Å². The normalized spacial score (nSPS) is 23.6. The van der Waals surface area contributed by atoms with Gasteiger partial charge in [0.15, 0.2) is 0 Å². The summed E-state index contributed by atoms with van der Waals surface area (Å²) in [6.07, 6.45) is 11.0. The molecule has 1 aliphatic heterocycles. The lowest BCUT2D eigenvalue weighted by molar-refractivity contribution is 0.0437. The van der Waals surface area contributed by atoms with E-state index in [1.807, 2.05) is 6.92 Å². The van der Waals surface area contributed by atoms with E-state index < -0.39 is 0 Å². The van der Waals surface area contributed by atoms with Gasteiger partial charge in [0.25, 0.3) is 0 Å². The molecule has 0 atom stereocenters. The molecular formula is C15H26N4S. The molecule has 1 saturated carbocycles. The highest BCUT2D eigenvalue weighted by molar-refractivity contribution is 7.15. The number of aryl methyl sites for hydroxylation is 1. The molecule has 1 aromatic rings. The molecule has 2 fully saturated rings. The second-order valence-corrected chi connectivity index (χ2v) is 7.49. The van der Waals surface area contributed by atoms with Gasteiger partial charge in [-0.3, -0.25) is 4.90 Å². The molecule has 2 aliphatic rings. The van der Waals surface area contributed by atoms with Crippen LogP contribution in [0.1, 0.15) is 56.4 Å². The highest BCUT2D eigenvalue weighted by Crippen LogP contribution is 2.36. The predicted octanol–water partition coefficient (Wildman–Crippen LogP) is 3.45. The smallest absolute Gasteiger partial charge is 0.205 e. The number of piperidine rings is 1. The maximum atomic E-state index is 4.22. The molecule has 0 unspecified atom stereocenters. The minimum Gasteiger partial charge on any atom is -0.358 e. The van der Waals surface area contributed by atoms with Gasteiger partial charge < -0.3 is 5.32 Å². The topological polar surface area (TPSA) is 41.1 Å². The second kappa shape index (κ2) is 6.39. The first kappa shape index (κ1) is 14.3. The van der Waals surface area contributed by atoms with Gasteiger partial charge in [-0.2, -0.15) is 0 Å². The Kier molecular flexibility index (Phi) is 4.56. The fourth-order valence-electron chi connectivity index (χ4n) is 3.79. The maximum Gasteiger partial charge on any atom is 0.205 e. The average Bonchev–Trinajstić information content (AvgIpc) is 2.93. The van der Waals surface area contributed by atoms with Crippen LogP contribution in [0.25, 0.3) is 0 Å². The molecular weight excluding hydrogens is 268 g/mol. The van der Waals surface area contributed by atoms with E-state index >= 15 is 0 Å². The molecule has 112 valence electrons. The zero-order valence-corrected chi connectivity index (χ0v) is 13.3. The van der Waals surface area contributed by atoms with Crippen LogP contribution in [0.4, 0.5) is 5.13 Å². The lowest BCUT2D eigenvalue weighted by Gasteiger charge is -2.48. The van der Waals surface area contributed by atoms with Gasteiger partial charge in [0, 0.05) is 12.1 Å². The lowest BCUT2D eigenvalue weighted by atomic mass is 9.79. The third-order valence-corrected chi connectivity index (χ3v) is 5.70. The summed E-state index contributed by atoms with van der Waals surface area (Å²) in [4.78, 5) is 2.77. The number of anilines is 1. The Morgan fingerprint density at radius 3 is 2.40 bits per heavy atom. The van der Waals surface area contributed by atoms with E-state index in [1.165, 1.54) is 64.5 Å². The zero-order valence-electron chi connectivity index (χ0n) is 12.5. The monoisotopic (exact) mass is 294 g/mol. The average molecular weight is 294 g/mol. The van der Waals surface area contributed by atoms with Gasteiger partial charge in [-0.15, -0.1) is 10.2 Å². The summed E-state index contributed by atoms with van der Waals surface area (Å²) in [7, 11) is 0. The molecule has 1 aliphatic carbocycles. The summed E-state index contributed by atoms with van der Waals surface area (Å²) in [5.74, 6) is 0. The number of likely N-dealkylation sites (tertiary alicyclic amines) is 1. The van der Waals surface area contributed by atoms with Crippen molar-refractivity contribution in [3.63, 3.8) is 0 Å². The molecule has 1 N–H and O–H groups in total. The highest BCUT2D eigenvalue weighted by atomic mass is 32.1. The summed E-state index contributed by atoms with van der Waals surface area (Å²) in [6.45, 7) is 5.64. The molecule has 0 radical (unpaired) electrons. The molecule has 2 heterocycles. The summed E-state index contributed by atoms with van der Waals surface area (Å²) in [5, 5.41) is 13.9. The SMILES string of the molecule is Cc1nnc(NCC2(N3CCCCC3)CCCCC2)s1. The van der Waals surface area contributed by atoms with Crippen LogP contribution < -0.4 is 5.32 Å². The minimum absolute atomic E-state index is 0.373. The van der Waals surface area contributed by atoms with E-state index in [4.69, 9.17) is 0 Å². The third kappa shape index (κ3) is 3.14. The Bertz CT molecular complexity index is 419. The van der Waals surface area contributed by atoms with E-state index in [-0.39, 0.29) is 0 Å². The van der Waals surface area contributed by atoms with E-state index in [9.17, 15) is 0 Å². The van der Waals surface area contributed by atoms with E-state index in [1.54, 1.807) is 11.3 Å². The third-order valence-electron chi connectivity index (χ3n) is 4.91. The molecule has 0 amide bonds. The second-order valence-electron chi connectivity index (χ2n) is 6.31. The van der Waals surface area contributed by atoms with E-state index in [0.29, 0.717) is 5.54 Å². The molecule has 5 heteroatoms. The summed E-state index contributed by atoms with van der Waals surface area (Å²) in [5.41, 5.74) is 0.373. The van der Waals surface area contributed by atoms with Crippen LogP contribution in [0.3, 0.4) is 0 Å². The van der Waals surface area contributed by atoms with Crippen LogP contribution in [0, 0.1) is 6.92 Å². The lowest BCUT2D eigenvalue weighted by Crippen LogP contribution is -2.56. The quantitative estimate of drug-likeness (QED) is 0.923. The first-order chi connectivity index (χ1) is 9.78. The molecule has 20 heavy (non-hydrogen) atoms. The highest BCUT2D eigenvalue weighted by Gasteiger charge is 2.38.